The van der Waals surface area contributed by atoms with Crippen LogP contribution in [-0.4, -0.2) is 0 Å². The van der Waals surface area contributed by atoms with Crippen LogP contribution in [0.4, 0.5) is 0 Å². The maximum absolute atomic E-state index is 2.17. The lowest BCUT2D eigenvalue weighted by atomic mass is 10.4. The third-order valence-electron chi connectivity index (χ3n) is 0. The molecule has 0 aromatic rings. The Kier molecular flexibility index (Phi) is 1.33. The molecule has 0 aliphatic carbocycles. The average molecular weight is 59.1 g/mol. The van der Waals surface area contributed by atoms with E-state index < -0.39 is 0 Å². The zero-order valence-corrected chi connectivity index (χ0v) is 3.58. The van der Waals surface area contributed by atoms with Crippen molar-refractivity contribution in [2.45, 2.75) is 20.8 Å². The molecule has 0 N–H and O–H groups in total. The molecule has 0 bridgehead atoms. The van der Waals surface area contributed by atoms with Crippen LogP contribution in [0, 0.1) is 5.92 Å². The monoisotopic (exact) mass is 59.1 g/mol. The molecule has 0 nitrogen and oxygen atoms in total. The van der Waals surface area contributed by atoms with E-state index in [4.69, 9.17) is 0 Å². The Morgan fingerprint density at radius 1 is 1.00 bits per heavy atom. The molecule has 0 rings (SSSR count). The van der Waals surface area contributed by atoms with Crippen molar-refractivity contribution in [3.8, 4) is 0 Å². The number of hydrogen-bond acceptors (Lipinski definition) is 0. The fraction of sp³-hybridized carbons (Fsp3) is 1.00. The lowest BCUT2D eigenvalue weighted by Gasteiger charge is -1.79. The maximum atomic E-state index is 2.17. The molecular formula is C4H10. The SMILES string of the molecule is CC(C)[13CH3]. The molecule has 0 fully saturated rings. The van der Waals surface area contributed by atoms with Gasteiger partial charge in [-0.3, -0.25) is 0 Å². The summed E-state index contributed by atoms with van der Waals surface area (Å²) >= 11 is 0. The van der Waals surface area contributed by atoms with E-state index in [1.807, 2.05) is 0 Å². The van der Waals surface area contributed by atoms with Crippen molar-refractivity contribution in [3.63, 3.8) is 0 Å². The zero-order valence-electron chi connectivity index (χ0n) is 3.58. The van der Waals surface area contributed by atoms with Crippen molar-refractivity contribution < 1.29 is 0 Å². The van der Waals surface area contributed by atoms with E-state index in [1.54, 1.807) is 0 Å². The second-order valence-electron chi connectivity index (χ2n) is 1.73. The Bertz CT molecular complexity index is 4.75. The van der Waals surface area contributed by atoms with Crippen molar-refractivity contribution >= 4 is 0 Å². The van der Waals surface area contributed by atoms with E-state index in [0.29, 0.717) is 0 Å². The lowest BCUT2D eigenvalue weighted by Crippen LogP contribution is -1.66. The van der Waals surface area contributed by atoms with Crippen LogP contribution in [0.25, 0.3) is 0 Å². The number of rotatable bonds is 0. The molecule has 0 saturated heterocycles. The predicted molar refractivity (Wildman–Crippen MR) is 20.5 cm³/mol. The Hall–Kier alpha value is 0. The lowest BCUT2D eigenvalue weighted by molar-refractivity contribution is 0.737. The molecule has 0 aromatic heterocycles. The fourth-order valence-electron chi connectivity index (χ4n) is 0. The van der Waals surface area contributed by atoms with Crippen LogP contribution in [0.15, 0.2) is 0 Å². The van der Waals surface area contributed by atoms with Crippen molar-refractivity contribution in [2.75, 3.05) is 0 Å². The van der Waals surface area contributed by atoms with Crippen molar-refractivity contribution in [1.29, 1.82) is 0 Å². The topological polar surface area (TPSA) is 0 Å². The Morgan fingerprint density at radius 3 is 1.00 bits per heavy atom. The molecule has 0 atom stereocenters. The Morgan fingerprint density at radius 2 is 1.00 bits per heavy atom. The van der Waals surface area contributed by atoms with Crippen molar-refractivity contribution in [3.05, 3.63) is 0 Å². The minimum absolute atomic E-state index is 0.833. The summed E-state index contributed by atoms with van der Waals surface area (Å²) in [6.45, 7) is 6.50. The summed E-state index contributed by atoms with van der Waals surface area (Å²) in [6.07, 6.45) is 0. The van der Waals surface area contributed by atoms with Gasteiger partial charge in [0.05, 0.1) is 0 Å². The first kappa shape index (κ1) is 4.00. The summed E-state index contributed by atoms with van der Waals surface area (Å²) in [6, 6.07) is 0. The average Bonchev–Trinajstić information content (AvgIpc) is 0.811. The fourth-order valence-corrected chi connectivity index (χ4v) is 0. The van der Waals surface area contributed by atoms with Crippen LogP contribution in [0.2, 0.25) is 0 Å². The molecule has 0 heteroatoms. The molecule has 0 aliphatic rings. The molecule has 4 heavy (non-hydrogen) atoms. The molecule has 26 valence electrons. The quantitative estimate of drug-likeness (QED) is 0.372. The van der Waals surface area contributed by atoms with Gasteiger partial charge < -0.3 is 0 Å². The van der Waals surface area contributed by atoms with Gasteiger partial charge >= 0.3 is 0 Å². The first-order valence-corrected chi connectivity index (χ1v) is 1.73. The van der Waals surface area contributed by atoms with Gasteiger partial charge in [0.1, 0.15) is 0 Å². The van der Waals surface area contributed by atoms with E-state index in [-0.39, 0.29) is 0 Å². The van der Waals surface area contributed by atoms with Gasteiger partial charge in [0.25, 0.3) is 0 Å². The second kappa shape index (κ2) is 1.33. The van der Waals surface area contributed by atoms with Crippen LogP contribution >= 0.6 is 0 Å². The van der Waals surface area contributed by atoms with E-state index >= 15 is 0 Å². The van der Waals surface area contributed by atoms with E-state index in [0.717, 1.165) is 5.92 Å². The smallest absolute Gasteiger partial charge is 0.0500 e. The molecule has 0 unspecified atom stereocenters. The number of hydrogen-bond donors (Lipinski definition) is 0. The molecule has 0 amide bonds. The van der Waals surface area contributed by atoms with Gasteiger partial charge in [0.15, 0.2) is 0 Å². The second-order valence-corrected chi connectivity index (χ2v) is 1.73. The summed E-state index contributed by atoms with van der Waals surface area (Å²) in [4.78, 5) is 0. The molecule has 0 radical (unpaired) electrons. The predicted octanol–water partition coefficient (Wildman–Crippen LogP) is 1.66. The first-order valence-electron chi connectivity index (χ1n) is 1.73. The summed E-state index contributed by atoms with van der Waals surface area (Å²) in [5.74, 6) is 0.833. The molecule has 0 saturated carbocycles. The first-order chi connectivity index (χ1) is 1.73. The van der Waals surface area contributed by atoms with Gasteiger partial charge in [-0.25, -0.2) is 0 Å². The maximum Gasteiger partial charge on any atom is -0.0500 e. The normalized spacial score (nSPS) is 9.00. The molecule has 0 aliphatic heterocycles. The van der Waals surface area contributed by atoms with Crippen LogP contribution < -0.4 is 0 Å². The minimum atomic E-state index is 0.833. The third-order valence-corrected chi connectivity index (χ3v) is 0. The van der Waals surface area contributed by atoms with Gasteiger partial charge in [-0.15, -0.1) is 0 Å². The van der Waals surface area contributed by atoms with Crippen LogP contribution in [-0.2, 0) is 0 Å². The standard InChI is InChI=1S/C4H10/c1-4(2)3/h4H,1-3H3/i1+1. The van der Waals surface area contributed by atoms with Gasteiger partial charge in [-0.2, -0.15) is 0 Å². The van der Waals surface area contributed by atoms with Gasteiger partial charge in [-0.05, 0) is 5.92 Å². The van der Waals surface area contributed by atoms with Crippen LogP contribution in [0.1, 0.15) is 20.8 Å². The van der Waals surface area contributed by atoms with Crippen LogP contribution in [0.5, 0.6) is 0 Å². The summed E-state index contributed by atoms with van der Waals surface area (Å²) < 4.78 is 0. The summed E-state index contributed by atoms with van der Waals surface area (Å²) in [5.41, 5.74) is 0. The summed E-state index contributed by atoms with van der Waals surface area (Å²) in [7, 11) is 0. The largest absolute Gasteiger partial charge is 0.0630 e. The van der Waals surface area contributed by atoms with Gasteiger partial charge in [0.2, 0.25) is 0 Å². The zero-order chi connectivity index (χ0) is 3.58. The molecular weight excluding hydrogens is 49.0 g/mol. The molecule has 0 spiro atoms. The van der Waals surface area contributed by atoms with E-state index in [9.17, 15) is 0 Å². The highest BCUT2D eigenvalue weighted by molar-refractivity contribution is 4.20. The van der Waals surface area contributed by atoms with Gasteiger partial charge in [0, 0.05) is 0 Å². The Balaban J connectivity index is 2.32. The van der Waals surface area contributed by atoms with Crippen molar-refractivity contribution in [1.82, 2.24) is 0 Å². The van der Waals surface area contributed by atoms with Crippen LogP contribution in [0.3, 0.4) is 0 Å². The molecule has 0 aromatic carbocycles. The Labute approximate surface area is 27.8 Å². The van der Waals surface area contributed by atoms with E-state index in [1.165, 1.54) is 0 Å². The van der Waals surface area contributed by atoms with Crippen molar-refractivity contribution in [2.24, 2.45) is 5.92 Å². The highest BCUT2D eigenvalue weighted by Crippen LogP contribution is 1.81. The highest BCUT2D eigenvalue weighted by Gasteiger charge is 1.68. The highest BCUT2D eigenvalue weighted by atomic mass is 14.0. The summed E-state index contributed by atoms with van der Waals surface area (Å²) in [5, 5.41) is 0. The van der Waals surface area contributed by atoms with E-state index in [2.05, 4.69) is 20.8 Å². The molecule has 0 heterocycles. The minimum Gasteiger partial charge on any atom is -0.0630 e. The third kappa shape index (κ3) is 0. The van der Waals surface area contributed by atoms with Gasteiger partial charge in [-0.1, -0.05) is 20.8 Å².